The molecule has 0 heterocycles. The van der Waals surface area contributed by atoms with E-state index in [2.05, 4.69) is 0 Å². The van der Waals surface area contributed by atoms with E-state index in [1.807, 2.05) is 13.0 Å². The summed E-state index contributed by atoms with van der Waals surface area (Å²) >= 11 is 5.92. The first kappa shape index (κ1) is 14.5. The zero-order chi connectivity index (χ0) is 14.5. The largest absolute Gasteiger partial charge is 0.493 e. The number of ether oxygens (including phenoxy) is 1. The van der Waals surface area contributed by atoms with Crippen LogP contribution in [0.5, 0.6) is 5.75 Å². The second kappa shape index (κ2) is 6.53. The molecule has 0 fully saturated rings. The summed E-state index contributed by atoms with van der Waals surface area (Å²) < 4.78 is 18.3. The molecule has 4 heteroatoms. The molecule has 0 saturated heterocycles. The van der Waals surface area contributed by atoms with Gasteiger partial charge in [0.05, 0.1) is 6.61 Å². The van der Waals surface area contributed by atoms with Gasteiger partial charge in [0, 0.05) is 17.0 Å². The average molecular weight is 293 g/mol. The van der Waals surface area contributed by atoms with Crippen LogP contribution >= 0.6 is 11.6 Å². The van der Waals surface area contributed by atoms with Gasteiger partial charge >= 0.3 is 0 Å². The Hall–Kier alpha value is -1.87. The first-order chi connectivity index (χ1) is 9.56. The number of hydrogen-bond acceptors (Lipinski definition) is 2. The van der Waals surface area contributed by atoms with Crippen LogP contribution in [0.2, 0.25) is 5.02 Å². The summed E-state index contributed by atoms with van der Waals surface area (Å²) in [6.07, 6.45) is 0.243. The highest BCUT2D eigenvalue weighted by atomic mass is 35.5. The predicted molar refractivity (Wildman–Crippen MR) is 77.0 cm³/mol. The first-order valence-corrected chi connectivity index (χ1v) is 6.62. The van der Waals surface area contributed by atoms with Gasteiger partial charge in [0.1, 0.15) is 11.6 Å². The molecule has 2 aromatic carbocycles. The van der Waals surface area contributed by atoms with Crippen molar-refractivity contribution in [3.05, 3.63) is 64.4 Å². The van der Waals surface area contributed by atoms with Gasteiger partial charge in [-0.2, -0.15) is 0 Å². The van der Waals surface area contributed by atoms with E-state index in [1.54, 1.807) is 12.1 Å². The molecule has 0 radical (unpaired) electrons. The molecule has 0 bridgehead atoms. The summed E-state index contributed by atoms with van der Waals surface area (Å²) in [5.41, 5.74) is 1.41. The third kappa shape index (κ3) is 3.81. The molecule has 104 valence electrons. The highest BCUT2D eigenvalue weighted by Gasteiger charge is 2.06. The Morgan fingerprint density at radius 2 is 1.90 bits per heavy atom. The molecule has 0 aliphatic carbocycles. The monoisotopic (exact) mass is 292 g/mol. The van der Waals surface area contributed by atoms with Crippen molar-refractivity contribution in [1.29, 1.82) is 0 Å². The van der Waals surface area contributed by atoms with E-state index in [4.69, 9.17) is 16.3 Å². The topological polar surface area (TPSA) is 26.3 Å². The van der Waals surface area contributed by atoms with E-state index < -0.39 is 0 Å². The van der Waals surface area contributed by atoms with Crippen LogP contribution in [0.1, 0.15) is 22.3 Å². The lowest BCUT2D eigenvalue weighted by Crippen LogP contribution is -2.06. The van der Waals surface area contributed by atoms with Crippen LogP contribution in [0, 0.1) is 12.7 Å². The van der Waals surface area contributed by atoms with Crippen LogP contribution in [0.25, 0.3) is 0 Å². The molecule has 0 unspecified atom stereocenters. The zero-order valence-electron chi connectivity index (χ0n) is 11.0. The number of Topliss-reactive ketones (excluding diaryl/α,β-unsaturated/α-hetero) is 1. The summed E-state index contributed by atoms with van der Waals surface area (Å²) in [6, 6.07) is 10.8. The van der Waals surface area contributed by atoms with Gasteiger partial charge in [-0.1, -0.05) is 11.6 Å². The van der Waals surface area contributed by atoms with Gasteiger partial charge in [0.2, 0.25) is 0 Å². The minimum atomic E-state index is -0.352. The Morgan fingerprint density at radius 3 is 2.55 bits per heavy atom. The van der Waals surface area contributed by atoms with Crippen LogP contribution in [0.3, 0.4) is 0 Å². The van der Waals surface area contributed by atoms with Gasteiger partial charge in [-0.3, -0.25) is 4.79 Å². The SMILES string of the molecule is Cc1cc(OCCC(=O)c2ccc(F)cc2)ccc1Cl. The lowest BCUT2D eigenvalue weighted by molar-refractivity contribution is 0.0962. The van der Waals surface area contributed by atoms with Crippen molar-refractivity contribution in [2.24, 2.45) is 0 Å². The standard InChI is InChI=1S/C16H14ClFO2/c1-11-10-14(6-7-15(11)17)20-9-8-16(19)12-2-4-13(18)5-3-12/h2-7,10H,8-9H2,1H3. The summed E-state index contributed by atoms with van der Waals surface area (Å²) in [4.78, 5) is 11.8. The van der Waals surface area contributed by atoms with E-state index in [-0.39, 0.29) is 24.6 Å². The van der Waals surface area contributed by atoms with Crippen molar-refractivity contribution in [1.82, 2.24) is 0 Å². The number of halogens is 2. The van der Waals surface area contributed by atoms with Crippen LogP contribution in [0.4, 0.5) is 4.39 Å². The summed E-state index contributed by atoms with van der Waals surface area (Å²) in [6.45, 7) is 2.16. The van der Waals surface area contributed by atoms with Crippen molar-refractivity contribution in [3.63, 3.8) is 0 Å². The molecule has 2 aromatic rings. The van der Waals surface area contributed by atoms with Crippen LogP contribution in [0.15, 0.2) is 42.5 Å². The Balaban J connectivity index is 1.87. The molecule has 0 saturated carbocycles. The third-order valence-electron chi connectivity index (χ3n) is 2.89. The lowest BCUT2D eigenvalue weighted by atomic mass is 10.1. The normalized spacial score (nSPS) is 10.3. The third-order valence-corrected chi connectivity index (χ3v) is 3.32. The maximum absolute atomic E-state index is 12.7. The van der Waals surface area contributed by atoms with Gasteiger partial charge in [-0.05, 0) is 55.0 Å². The minimum absolute atomic E-state index is 0.0734. The number of carbonyl (C=O) groups is 1. The van der Waals surface area contributed by atoms with Crippen LogP contribution < -0.4 is 4.74 Å². The average Bonchev–Trinajstić information content (AvgIpc) is 2.43. The molecule has 0 aromatic heterocycles. The number of ketones is 1. The van der Waals surface area contributed by atoms with Gasteiger partial charge in [0.15, 0.2) is 5.78 Å². The number of aryl methyl sites for hydroxylation is 1. The number of rotatable bonds is 5. The van der Waals surface area contributed by atoms with Crippen molar-refractivity contribution in [3.8, 4) is 5.75 Å². The molecule has 0 spiro atoms. The van der Waals surface area contributed by atoms with Gasteiger partial charge in [-0.25, -0.2) is 4.39 Å². The van der Waals surface area contributed by atoms with Crippen LogP contribution in [-0.4, -0.2) is 12.4 Å². The first-order valence-electron chi connectivity index (χ1n) is 6.24. The Morgan fingerprint density at radius 1 is 1.20 bits per heavy atom. The number of hydrogen-bond donors (Lipinski definition) is 0. The molecule has 0 aliphatic heterocycles. The second-order valence-corrected chi connectivity index (χ2v) is 4.85. The van der Waals surface area contributed by atoms with Crippen molar-refractivity contribution in [2.75, 3.05) is 6.61 Å². The van der Waals surface area contributed by atoms with E-state index in [1.165, 1.54) is 24.3 Å². The number of benzene rings is 2. The smallest absolute Gasteiger partial charge is 0.166 e. The van der Waals surface area contributed by atoms with E-state index in [9.17, 15) is 9.18 Å². The Bertz CT molecular complexity index is 608. The van der Waals surface area contributed by atoms with Crippen molar-refractivity contribution < 1.29 is 13.9 Å². The summed E-state index contributed by atoms with van der Waals surface area (Å²) in [7, 11) is 0. The fourth-order valence-electron chi connectivity index (χ4n) is 1.75. The van der Waals surface area contributed by atoms with Crippen molar-refractivity contribution in [2.45, 2.75) is 13.3 Å². The van der Waals surface area contributed by atoms with Crippen molar-refractivity contribution >= 4 is 17.4 Å². The molecular formula is C16H14ClFO2. The van der Waals surface area contributed by atoms with Gasteiger partial charge in [0.25, 0.3) is 0 Å². The van der Waals surface area contributed by atoms with E-state index >= 15 is 0 Å². The molecule has 2 rings (SSSR count). The molecule has 20 heavy (non-hydrogen) atoms. The Labute approximate surface area is 122 Å². The molecular weight excluding hydrogens is 279 g/mol. The quantitative estimate of drug-likeness (QED) is 0.762. The fourth-order valence-corrected chi connectivity index (χ4v) is 1.87. The van der Waals surface area contributed by atoms with Crippen LogP contribution in [-0.2, 0) is 0 Å². The molecule has 0 amide bonds. The highest BCUT2D eigenvalue weighted by Crippen LogP contribution is 2.21. The number of carbonyl (C=O) groups excluding carboxylic acids is 1. The fraction of sp³-hybridized carbons (Fsp3) is 0.188. The zero-order valence-corrected chi connectivity index (χ0v) is 11.8. The Kier molecular flexibility index (Phi) is 4.74. The highest BCUT2D eigenvalue weighted by molar-refractivity contribution is 6.31. The molecule has 2 nitrogen and oxygen atoms in total. The van der Waals surface area contributed by atoms with Gasteiger partial charge < -0.3 is 4.74 Å². The minimum Gasteiger partial charge on any atom is -0.493 e. The van der Waals surface area contributed by atoms with E-state index in [0.717, 1.165) is 5.56 Å². The second-order valence-electron chi connectivity index (χ2n) is 4.44. The van der Waals surface area contributed by atoms with E-state index in [0.29, 0.717) is 16.3 Å². The van der Waals surface area contributed by atoms with Gasteiger partial charge in [-0.15, -0.1) is 0 Å². The summed E-state index contributed by atoms with van der Waals surface area (Å²) in [5, 5.41) is 0.680. The maximum atomic E-state index is 12.7. The molecule has 0 atom stereocenters. The predicted octanol–water partition coefficient (Wildman–Crippen LogP) is 4.44. The lowest BCUT2D eigenvalue weighted by Gasteiger charge is -2.07. The maximum Gasteiger partial charge on any atom is 0.166 e. The summed E-state index contributed by atoms with van der Waals surface area (Å²) in [5.74, 6) is 0.254. The molecule has 0 N–H and O–H groups in total. The molecule has 0 aliphatic rings.